The Kier molecular flexibility index (Phi) is 18.2. The molecule has 3 aromatic rings. The van der Waals surface area contributed by atoms with Gasteiger partial charge in [0.1, 0.15) is 0 Å². The first-order chi connectivity index (χ1) is 12.7. The second kappa shape index (κ2) is 15.7. The molecule has 0 saturated heterocycles. The molecule has 0 aromatic heterocycles. The van der Waals surface area contributed by atoms with Crippen molar-refractivity contribution in [1.82, 2.24) is 0 Å². The average Bonchev–Trinajstić information content (AvgIpc) is 2.62. The predicted octanol–water partition coefficient (Wildman–Crippen LogP) is -15.6. The summed E-state index contributed by atoms with van der Waals surface area (Å²) >= 11 is 0. The summed E-state index contributed by atoms with van der Waals surface area (Å²) in [6, 6.07) is 20.8. The third kappa shape index (κ3) is 10.3. The summed E-state index contributed by atoms with van der Waals surface area (Å²) < 4.78 is 0. The molecule has 0 bridgehead atoms. The first-order valence-electron chi connectivity index (χ1n) is 7.77. The van der Waals surface area contributed by atoms with Gasteiger partial charge in [0.15, 0.2) is 0 Å². The van der Waals surface area contributed by atoms with Crippen LogP contribution in [0.2, 0.25) is 0 Å². The summed E-state index contributed by atoms with van der Waals surface area (Å²) in [5.41, 5.74) is 0. The van der Waals surface area contributed by atoms with E-state index in [1.807, 2.05) is 30.3 Å². The molecule has 0 radical (unpaired) electrons. The van der Waals surface area contributed by atoms with Gasteiger partial charge in [0.25, 0.3) is 0 Å². The molecule has 0 fully saturated rings. The van der Waals surface area contributed by atoms with E-state index < -0.39 is 23.8 Å². The molecule has 3 rings (SSSR count). The minimum absolute atomic E-state index is 0. The zero-order valence-electron chi connectivity index (χ0n) is 17.8. The fourth-order valence-electron chi connectivity index (χ4n) is 2.59. The maximum absolute atomic E-state index is 11.2. The molecule has 0 heterocycles. The zero-order chi connectivity index (χ0) is 19.7. The van der Waals surface area contributed by atoms with Crippen LogP contribution < -0.4 is 174 Å². The summed E-state index contributed by atoms with van der Waals surface area (Å²) in [5, 5.41) is 1.95. The van der Waals surface area contributed by atoms with Crippen molar-refractivity contribution >= 4 is 50.3 Å². The van der Waals surface area contributed by atoms with Gasteiger partial charge in [0.2, 0.25) is 0 Å². The summed E-state index contributed by atoms with van der Waals surface area (Å²) in [7, 11) is -10.8. The van der Waals surface area contributed by atoms with Crippen molar-refractivity contribution in [1.29, 1.82) is 0 Å². The topological polar surface area (TPSA) is 138 Å². The summed E-state index contributed by atoms with van der Waals surface area (Å²) in [6.45, 7) is 0. The molecule has 0 N–H and O–H groups in total. The largest absolute Gasteiger partial charge is 1.00 e. The van der Waals surface area contributed by atoms with Gasteiger partial charge >= 0.3 is 118 Å². The third-order valence-electron chi connectivity index (χ3n) is 3.86. The van der Waals surface area contributed by atoms with Gasteiger partial charge in [-0.05, 0) is 72.4 Å². The standard InChI is InChI=1S/C18H17O6P3.4Na/c19-26(20,21)17-10-6-15(7-11-17)25(14-4-2-1-3-5-14)16-8-12-18(13-9-16)27(22,23)24;;;;/h1-13H,(H2,19,20,21)(H2,22,23,24);;;;/q;4*+1/p-4. The Labute approximate surface area is 272 Å². The van der Waals surface area contributed by atoms with Gasteiger partial charge < -0.3 is 29.4 Å². The van der Waals surface area contributed by atoms with Crippen LogP contribution in [0.15, 0.2) is 78.9 Å². The van der Waals surface area contributed by atoms with Gasteiger partial charge in [-0.25, -0.2) is 0 Å². The van der Waals surface area contributed by atoms with E-state index in [2.05, 4.69) is 0 Å². The molecule has 3 aromatic carbocycles. The van der Waals surface area contributed by atoms with Crippen LogP contribution in [0.1, 0.15) is 0 Å². The summed E-state index contributed by atoms with van der Waals surface area (Å²) in [4.78, 5) is 67.1. The Hall–Kier alpha value is 2.71. The second-order valence-corrected chi connectivity index (χ2v) is 10.9. The zero-order valence-corrected chi connectivity index (χ0v) is 28.5. The van der Waals surface area contributed by atoms with Crippen LogP contribution in [0, 0.1) is 0 Å². The Balaban J connectivity index is 0. The van der Waals surface area contributed by atoms with Crippen LogP contribution in [0.25, 0.3) is 0 Å². The summed E-state index contributed by atoms with van der Waals surface area (Å²) in [6.07, 6.45) is 0. The Bertz CT molecular complexity index is 847. The van der Waals surface area contributed by atoms with Gasteiger partial charge in [-0.1, -0.05) is 30.3 Å². The number of rotatable bonds is 5. The molecule has 0 saturated carbocycles. The second-order valence-electron chi connectivity index (χ2n) is 5.70. The molecule has 31 heavy (non-hydrogen) atoms. The van der Waals surface area contributed by atoms with Crippen molar-refractivity contribution < 1.29 is 148 Å². The SMILES string of the molecule is [Na+].[Na+].[Na+].[Na+].[O-][P+]([O-])([O-])c1ccc(P(c2ccccc2)c2ccc([P+]([O-])([O-])[O-])cc2)cc1. The molecule has 0 unspecified atom stereocenters. The van der Waals surface area contributed by atoms with E-state index in [0.29, 0.717) is 0 Å². The van der Waals surface area contributed by atoms with E-state index in [1.54, 1.807) is 24.3 Å². The molecular weight excluding hydrogens is 497 g/mol. The van der Waals surface area contributed by atoms with Crippen molar-refractivity contribution in [3.8, 4) is 0 Å². The first-order valence-corrected chi connectivity index (χ1v) is 12.2. The maximum atomic E-state index is 11.2. The van der Waals surface area contributed by atoms with Crippen LogP contribution in [0.5, 0.6) is 0 Å². The molecular formula is C18H13Na4O6P3. The van der Waals surface area contributed by atoms with Gasteiger partial charge in [-0.3, -0.25) is 0 Å². The number of hydrogen-bond acceptors (Lipinski definition) is 6. The predicted molar refractivity (Wildman–Crippen MR) is 98.3 cm³/mol. The minimum atomic E-state index is -4.83. The van der Waals surface area contributed by atoms with E-state index in [4.69, 9.17) is 0 Å². The first kappa shape index (κ1) is 35.9. The van der Waals surface area contributed by atoms with Crippen molar-refractivity contribution in [2.75, 3.05) is 0 Å². The number of benzene rings is 3. The van der Waals surface area contributed by atoms with Crippen LogP contribution in [0.3, 0.4) is 0 Å². The smallest absolute Gasteiger partial charge is 0.684 e. The van der Waals surface area contributed by atoms with E-state index in [9.17, 15) is 29.4 Å². The van der Waals surface area contributed by atoms with E-state index in [-0.39, 0.29) is 129 Å². The average molecular weight is 510 g/mol. The molecule has 0 aliphatic rings. The molecule has 140 valence electrons. The van der Waals surface area contributed by atoms with E-state index >= 15 is 0 Å². The molecule has 0 spiro atoms. The van der Waals surface area contributed by atoms with Crippen LogP contribution in [-0.4, -0.2) is 0 Å². The van der Waals surface area contributed by atoms with E-state index in [1.165, 1.54) is 24.3 Å². The van der Waals surface area contributed by atoms with E-state index in [0.717, 1.165) is 15.9 Å². The molecule has 13 heteroatoms. The molecule has 0 atom stereocenters. The monoisotopic (exact) mass is 510 g/mol. The van der Waals surface area contributed by atoms with Crippen molar-refractivity contribution in [3.05, 3.63) is 78.9 Å². The quantitative estimate of drug-likeness (QED) is 0.247. The Morgan fingerprint density at radius 1 is 0.419 bits per heavy atom. The third-order valence-corrected chi connectivity index (χ3v) is 8.17. The molecule has 0 aliphatic heterocycles. The normalized spacial score (nSPS) is 10.8. The van der Waals surface area contributed by atoms with Crippen LogP contribution in [-0.2, 0) is 0 Å². The van der Waals surface area contributed by atoms with Crippen molar-refractivity contribution in [2.24, 2.45) is 0 Å². The van der Waals surface area contributed by atoms with Gasteiger partial charge in [-0.15, -0.1) is 15.9 Å². The van der Waals surface area contributed by atoms with Crippen molar-refractivity contribution in [3.63, 3.8) is 0 Å². The van der Waals surface area contributed by atoms with Crippen molar-refractivity contribution in [2.45, 2.75) is 0 Å². The van der Waals surface area contributed by atoms with Gasteiger partial charge in [0, 0.05) is 0 Å². The fourth-order valence-corrected chi connectivity index (χ4v) is 5.88. The fraction of sp³-hybridized carbons (Fsp3) is 0. The molecule has 6 nitrogen and oxygen atoms in total. The minimum Gasteiger partial charge on any atom is -0.684 e. The number of hydrogen-bond donors (Lipinski definition) is 0. The molecule has 0 amide bonds. The van der Waals surface area contributed by atoms with Gasteiger partial charge in [0.05, 0.1) is 10.6 Å². The molecule has 0 aliphatic carbocycles. The van der Waals surface area contributed by atoms with Crippen LogP contribution in [0.4, 0.5) is 0 Å². The van der Waals surface area contributed by atoms with Crippen LogP contribution >= 0.6 is 23.8 Å². The Morgan fingerprint density at radius 2 is 0.710 bits per heavy atom. The summed E-state index contributed by atoms with van der Waals surface area (Å²) in [5.74, 6) is 0. The maximum Gasteiger partial charge on any atom is 1.00 e. The Morgan fingerprint density at radius 3 is 1.00 bits per heavy atom. The van der Waals surface area contributed by atoms with Gasteiger partial charge in [-0.2, -0.15) is 0 Å².